The van der Waals surface area contributed by atoms with E-state index in [9.17, 15) is 13.2 Å². The summed E-state index contributed by atoms with van der Waals surface area (Å²) in [5, 5.41) is 3.02. The highest BCUT2D eigenvalue weighted by Gasteiger charge is 2.21. The molecule has 0 bridgehead atoms. The van der Waals surface area contributed by atoms with Gasteiger partial charge in [-0.1, -0.05) is 32.0 Å². The summed E-state index contributed by atoms with van der Waals surface area (Å²) < 4.78 is 36.6. The number of carbonyl (C=O) groups is 1. The minimum absolute atomic E-state index is 0.121. The van der Waals surface area contributed by atoms with Gasteiger partial charge in [0.2, 0.25) is 22.7 Å². The van der Waals surface area contributed by atoms with Crippen LogP contribution >= 0.6 is 0 Å². The average Bonchev–Trinajstić information content (AvgIpc) is 3.18. The number of hydrogen-bond donors (Lipinski definition) is 1. The molecule has 1 aliphatic heterocycles. The first-order valence-electron chi connectivity index (χ1n) is 10.1. The van der Waals surface area contributed by atoms with Crippen LogP contribution in [0, 0.1) is 0 Å². The summed E-state index contributed by atoms with van der Waals surface area (Å²) in [7, 11) is -3.51. The number of amides is 1. The zero-order valence-electron chi connectivity index (χ0n) is 17.6. The fourth-order valence-corrected chi connectivity index (χ4v) is 4.47. The molecule has 0 radical (unpaired) electrons. The SMILES string of the molecule is CCc1cccc(CC)c1NC(=O)CCCN(c1ccc2c(c1)OCO2)S(C)(=O)=O. The van der Waals surface area contributed by atoms with E-state index in [4.69, 9.17) is 9.47 Å². The van der Waals surface area contributed by atoms with Crippen molar-refractivity contribution in [3.8, 4) is 11.5 Å². The van der Waals surface area contributed by atoms with E-state index in [0.29, 0.717) is 23.6 Å². The number of sulfonamides is 1. The lowest BCUT2D eigenvalue weighted by Crippen LogP contribution is -2.31. The highest BCUT2D eigenvalue weighted by atomic mass is 32.2. The van der Waals surface area contributed by atoms with Gasteiger partial charge < -0.3 is 14.8 Å². The van der Waals surface area contributed by atoms with Crippen molar-refractivity contribution in [1.82, 2.24) is 0 Å². The topological polar surface area (TPSA) is 84.9 Å². The van der Waals surface area contributed by atoms with Crippen LogP contribution in [-0.4, -0.2) is 33.9 Å². The van der Waals surface area contributed by atoms with Gasteiger partial charge in [-0.25, -0.2) is 8.42 Å². The number of ether oxygens (including phenoxy) is 2. The Morgan fingerprint density at radius 1 is 1.07 bits per heavy atom. The molecule has 2 aromatic rings. The Morgan fingerprint density at radius 2 is 1.73 bits per heavy atom. The molecule has 1 heterocycles. The van der Waals surface area contributed by atoms with Gasteiger partial charge in [-0.15, -0.1) is 0 Å². The summed E-state index contributed by atoms with van der Waals surface area (Å²) in [5.41, 5.74) is 3.57. The summed E-state index contributed by atoms with van der Waals surface area (Å²) >= 11 is 0. The number of nitrogens with zero attached hydrogens (tertiary/aromatic N) is 1. The van der Waals surface area contributed by atoms with Crippen LogP contribution in [0.3, 0.4) is 0 Å². The van der Waals surface area contributed by atoms with Crippen LogP contribution in [0.4, 0.5) is 11.4 Å². The maximum absolute atomic E-state index is 12.6. The zero-order chi connectivity index (χ0) is 21.7. The summed E-state index contributed by atoms with van der Waals surface area (Å²) in [6.45, 7) is 4.43. The molecule has 2 aromatic carbocycles. The predicted octanol–water partition coefficient (Wildman–Crippen LogP) is 3.73. The molecule has 8 heteroatoms. The van der Waals surface area contributed by atoms with Crippen molar-refractivity contribution in [3.63, 3.8) is 0 Å². The van der Waals surface area contributed by atoms with Crippen molar-refractivity contribution < 1.29 is 22.7 Å². The Hall–Kier alpha value is -2.74. The Balaban J connectivity index is 1.66. The lowest BCUT2D eigenvalue weighted by Gasteiger charge is -2.22. The van der Waals surface area contributed by atoms with Crippen LogP contribution in [0.1, 0.15) is 37.8 Å². The number of nitrogens with one attached hydrogen (secondary N) is 1. The van der Waals surface area contributed by atoms with Gasteiger partial charge in [-0.3, -0.25) is 9.10 Å². The Labute approximate surface area is 178 Å². The first-order valence-corrected chi connectivity index (χ1v) is 12.0. The van der Waals surface area contributed by atoms with Crippen molar-refractivity contribution in [2.75, 3.05) is 29.2 Å². The van der Waals surface area contributed by atoms with E-state index in [2.05, 4.69) is 19.2 Å². The maximum Gasteiger partial charge on any atom is 0.232 e. The largest absolute Gasteiger partial charge is 0.454 e. The summed E-state index contributed by atoms with van der Waals surface area (Å²) in [6.07, 6.45) is 3.42. The summed E-state index contributed by atoms with van der Waals surface area (Å²) in [6, 6.07) is 11.0. The number of anilines is 2. The number of rotatable bonds is 9. The van der Waals surface area contributed by atoms with Gasteiger partial charge in [0.25, 0.3) is 0 Å². The van der Waals surface area contributed by atoms with E-state index in [1.807, 2.05) is 18.2 Å². The van der Waals surface area contributed by atoms with Crippen LogP contribution in [0.5, 0.6) is 11.5 Å². The normalized spacial score (nSPS) is 12.6. The van der Waals surface area contributed by atoms with Crippen LogP contribution in [0.15, 0.2) is 36.4 Å². The number of fused-ring (bicyclic) bond motifs is 1. The van der Waals surface area contributed by atoms with Gasteiger partial charge in [0, 0.05) is 24.7 Å². The number of aryl methyl sites for hydroxylation is 2. The van der Waals surface area contributed by atoms with Gasteiger partial charge in [0.15, 0.2) is 11.5 Å². The monoisotopic (exact) mass is 432 g/mol. The molecule has 0 aliphatic carbocycles. The molecular formula is C22H28N2O5S. The third-order valence-corrected chi connectivity index (χ3v) is 6.27. The summed E-state index contributed by atoms with van der Waals surface area (Å²) in [4.78, 5) is 12.6. The van der Waals surface area contributed by atoms with Gasteiger partial charge >= 0.3 is 0 Å². The van der Waals surface area contributed by atoms with E-state index in [0.717, 1.165) is 35.9 Å². The zero-order valence-corrected chi connectivity index (χ0v) is 18.4. The van der Waals surface area contributed by atoms with Crippen molar-refractivity contribution in [1.29, 1.82) is 0 Å². The molecule has 3 rings (SSSR count). The molecule has 0 atom stereocenters. The van der Waals surface area contributed by atoms with Gasteiger partial charge in [0.1, 0.15) is 0 Å². The summed E-state index contributed by atoms with van der Waals surface area (Å²) in [5.74, 6) is 0.986. The van der Waals surface area contributed by atoms with Crippen molar-refractivity contribution in [2.45, 2.75) is 39.5 Å². The van der Waals surface area contributed by atoms with E-state index >= 15 is 0 Å². The first-order chi connectivity index (χ1) is 14.3. The van der Waals surface area contributed by atoms with E-state index in [-0.39, 0.29) is 25.7 Å². The van der Waals surface area contributed by atoms with Gasteiger partial charge in [-0.05, 0) is 42.5 Å². The molecular weight excluding hydrogens is 404 g/mol. The van der Waals surface area contributed by atoms with E-state index in [1.54, 1.807) is 18.2 Å². The van der Waals surface area contributed by atoms with E-state index < -0.39 is 10.0 Å². The Morgan fingerprint density at radius 3 is 2.37 bits per heavy atom. The van der Waals surface area contributed by atoms with Gasteiger partial charge in [0.05, 0.1) is 11.9 Å². The second-order valence-corrected chi connectivity index (χ2v) is 9.09. The minimum Gasteiger partial charge on any atom is -0.454 e. The lowest BCUT2D eigenvalue weighted by molar-refractivity contribution is -0.116. The van der Waals surface area contributed by atoms with Crippen molar-refractivity contribution in [2.24, 2.45) is 0 Å². The van der Waals surface area contributed by atoms with Crippen LogP contribution in [0.25, 0.3) is 0 Å². The minimum atomic E-state index is -3.51. The molecule has 1 amide bonds. The molecule has 0 unspecified atom stereocenters. The smallest absolute Gasteiger partial charge is 0.232 e. The molecule has 30 heavy (non-hydrogen) atoms. The molecule has 0 spiro atoms. The Bertz CT molecular complexity index is 998. The lowest BCUT2D eigenvalue weighted by atomic mass is 10.0. The van der Waals surface area contributed by atoms with Crippen molar-refractivity contribution >= 4 is 27.3 Å². The first kappa shape index (κ1) is 22.0. The van der Waals surface area contributed by atoms with E-state index in [1.165, 1.54) is 4.31 Å². The standard InChI is InChI=1S/C22H28N2O5S/c1-4-16-8-6-9-17(5-2)22(16)23-21(25)10-7-13-24(30(3,26)27)18-11-12-19-20(14-18)29-15-28-19/h6,8-9,11-12,14H,4-5,7,10,13,15H2,1-3H3,(H,23,25). The second kappa shape index (κ2) is 9.38. The number of benzene rings is 2. The van der Waals surface area contributed by atoms with Crippen LogP contribution in [0.2, 0.25) is 0 Å². The molecule has 7 nitrogen and oxygen atoms in total. The fourth-order valence-electron chi connectivity index (χ4n) is 3.52. The third kappa shape index (κ3) is 5.05. The van der Waals surface area contributed by atoms with Gasteiger partial charge in [-0.2, -0.15) is 0 Å². The van der Waals surface area contributed by atoms with Crippen molar-refractivity contribution in [3.05, 3.63) is 47.5 Å². The highest BCUT2D eigenvalue weighted by molar-refractivity contribution is 7.92. The molecule has 0 saturated carbocycles. The number of para-hydroxylation sites is 1. The molecule has 1 N–H and O–H groups in total. The predicted molar refractivity (Wildman–Crippen MR) is 118 cm³/mol. The number of carbonyl (C=O) groups excluding carboxylic acids is 1. The second-order valence-electron chi connectivity index (χ2n) is 7.18. The van der Waals surface area contributed by atoms with Crippen LogP contribution < -0.4 is 19.1 Å². The average molecular weight is 433 g/mol. The molecule has 0 saturated heterocycles. The molecule has 0 fully saturated rings. The quantitative estimate of drug-likeness (QED) is 0.653. The fraction of sp³-hybridized carbons (Fsp3) is 0.409. The third-order valence-electron chi connectivity index (χ3n) is 5.07. The molecule has 1 aliphatic rings. The maximum atomic E-state index is 12.6. The van der Waals surface area contributed by atoms with Crippen LogP contribution in [-0.2, 0) is 27.7 Å². The Kier molecular flexibility index (Phi) is 6.87. The molecule has 162 valence electrons. The number of hydrogen-bond acceptors (Lipinski definition) is 5. The highest BCUT2D eigenvalue weighted by Crippen LogP contribution is 2.36. The molecule has 0 aromatic heterocycles.